The quantitative estimate of drug-likeness (QED) is 0.224. The highest BCUT2D eigenvalue weighted by Gasteiger charge is 2.34. The van der Waals surface area contributed by atoms with E-state index in [1.165, 1.54) is 12.2 Å². The fourth-order valence-corrected chi connectivity index (χ4v) is 3.59. The fraction of sp³-hybridized carbons (Fsp3) is 0.400. The molecule has 0 aromatic heterocycles. The molecule has 0 bridgehead atoms. The maximum absolute atomic E-state index is 12.8. The average Bonchev–Trinajstić information content (AvgIpc) is 2.76. The van der Waals surface area contributed by atoms with Crippen LogP contribution in [0.1, 0.15) is 51.3 Å². The number of rotatable bonds is 11. The van der Waals surface area contributed by atoms with E-state index < -0.39 is 17.2 Å². The molecule has 0 radical (unpaired) electrons. The maximum atomic E-state index is 12.8. The van der Waals surface area contributed by atoms with Gasteiger partial charge in [-0.25, -0.2) is 4.79 Å². The van der Waals surface area contributed by atoms with E-state index in [9.17, 15) is 14.7 Å². The Balaban J connectivity index is 2.10. The third kappa shape index (κ3) is 10.1. The summed E-state index contributed by atoms with van der Waals surface area (Å²) in [6.07, 6.45) is 3.01. The summed E-state index contributed by atoms with van der Waals surface area (Å²) in [7, 11) is 0. The zero-order valence-corrected chi connectivity index (χ0v) is 23.1. The Morgan fingerprint density at radius 1 is 1.03 bits per heavy atom. The number of amides is 1. The molecule has 0 aliphatic carbocycles. The molecule has 0 fully saturated rings. The standard InChI is InChI=1S/C30H40N2O5/c1-9-10-24(33)19-32(20-27(34)31-26-16-11-21(2)17-22(26)3)18-23-12-14-25(15-13-23)36-30(7,8)28(35)37-29(4,5)6/h9-17,33H,1,18-20H2,2-8H3,(H,31,34)/b24-10-. The lowest BCUT2D eigenvalue weighted by Crippen LogP contribution is -2.43. The molecule has 2 aromatic rings. The molecule has 2 N–H and O–H groups in total. The minimum atomic E-state index is -1.16. The van der Waals surface area contributed by atoms with Crippen molar-refractivity contribution in [2.45, 2.75) is 66.2 Å². The number of anilines is 1. The van der Waals surface area contributed by atoms with E-state index in [0.29, 0.717) is 12.3 Å². The number of aryl methyl sites for hydroxylation is 2. The topological polar surface area (TPSA) is 88.1 Å². The SMILES string of the molecule is C=C/C=C(\O)CN(CC(=O)Nc1ccc(C)cc1C)Cc1ccc(OC(C)(C)C(=O)OC(C)(C)C)cc1. The highest BCUT2D eigenvalue weighted by molar-refractivity contribution is 5.93. The zero-order valence-electron chi connectivity index (χ0n) is 23.1. The second kappa shape index (κ2) is 12.6. The van der Waals surface area contributed by atoms with Crippen molar-refractivity contribution in [3.8, 4) is 5.75 Å². The smallest absolute Gasteiger partial charge is 0.350 e. The van der Waals surface area contributed by atoms with Crippen molar-refractivity contribution in [3.63, 3.8) is 0 Å². The predicted octanol–water partition coefficient (Wildman–Crippen LogP) is 5.87. The highest BCUT2D eigenvalue weighted by Crippen LogP contribution is 2.23. The van der Waals surface area contributed by atoms with Gasteiger partial charge in [-0.15, -0.1) is 0 Å². The Hall–Kier alpha value is -3.58. The maximum Gasteiger partial charge on any atom is 0.350 e. The molecule has 0 unspecified atom stereocenters. The van der Waals surface area contributed by atoms with E-state index in [1.54, 1.807) is 26.0 Å². The van der Waals surface area contributed by atoms with E-state index in [4.69, 9.17) is 9.47 Å². The summed E-state index contributed by atoms with van der Waals surface area (Å²) in [5, 5.41) is 13.2. The van der Waals surface area contributed by atoms with Crippen LogP contribution in [-0.4, -0.2) is 46.2 Å². The normalized spacial score (nSPS) is 12.3. The number of esters is 1. The number of hydrogen-bond donors (Lipinski definition) is 2. The molecular formula is C30H40N2O5. The van der Waals surface area contributed by atoms with Crippen LogP contribution in [0, 0.1) is 13.8 Å². The number of benzene rings is 2. The number of hydrogen-bond acceptors (Lipinski definition) is 6. The molecule has 37 heavy (non-hydrogen) atoms. The average molecular weight is 509 g/mol. The molecule has 200 valence electrons. The zero-order chi connectivity index (χ0) is 27.8. The van der Waals surface area contributed by atoms with Gasteiger partial charge in [0.2, 0.25) is 5.91 Å². The number of nitrogens with one attached hydrogen (secondary N) is 1. The van der Waals surface area contributed by atoms with Crippen LogP contribution in [0.3, 0.4) is 0 Å². The Morgan fingerprint density at radius 2 is 1.68 bits per heavy atom. The first kappa shape index (κ1) is 29.6. The molecule has 2 rings (SSSR count). The van der Waals surface area contributed by atoms with Gasteiger partial charge in [0.25, 0.3) is 0 Å². The van der Waals surface area contributed by atoms with Crippen LogP contribution in [0.4, 0.5) is 5.69 Å². The van der Waals surface area contributed by atoms with Gasteiger partial charge in [0, 0.05) is 12.2 Å². The Bertz CT molecular complexity index is 1130. The van der Waals surface area contributed by atoms with Gasteiger partial charge in [0.05, 0.1) is 13.1 Å². The van der Waals surface area contributed by atoms with E-state index in [2.05, 4.69) is 11.9 Å². The number of nitrogens with zero attached hydrogens (tertiary/aromatic N) is 1. The van der Waals surface area contributed by atoms with Crippen molar-refractivity contribution in [3.05, 3.63) is 83.6 Å². The van der Waals surface area contributed by atoms with Gasteiger partial charge in [-0.3, -0.25) is 9.69 Å². The number of carbonyl (C=O) groups excluding carboxylic acids is 2. The third-order valence-corrected chi connectivity index (χ3v) is 5.31. The van der Waals surface area contributed by atoms with Crippen LogP contribution in [-0.2, 0) is 20.9 Å². The van der Waals surface area contributed by atoms with Crippen LogP contribution in [0.2, 0.25) is 0 Å². The van der Waals surface area contributed by atoms with Crippen molar-refractivity contribution in [1.29, 1.82) is 0 Å². The Kier molecular flexibility index (Phi) is 10.1. The van der Waals surface area contributed by atoms with Crippen LogP contribution < -0.4 is 10.1 Å². The van der Waals surface area contributed by atoms with Crippen molar-refractivity contribution >= 4 is 17.6 Å². The Labute approximate surface area is 220 Å². The van der Waals surface area contributed by atoms with Crippen molar-refractivity contribution in [1.82, 2.24) is 4.90 Å². The molecular weight excluding hydrogens is 468 g/mol. The number of aliphatic hydroxyl groups is 1. The van der Waals surface area contributed by atoms with E-state index in [-0.39, 0.29) is 24.8 Å². The van der Waals surface area contributed by atoms with Gasteiger partial charge in [0.15, 0.2) is 5.60 Å². The number of aliphatic hydroxyl groups excluding tert-OH is 1. The summed E-state index contributed by atoms with van der Waals surface area (Å²) in [4.78, 5) is 27.2. The van der Waals surface area contributed by atoms with Crippen molar-refractivity contribution < 1.29 is 24.2 Å². The second-order valence-electron chi connectivity index (χ2n) is 10.7. The van der Waals surface area contributed by atoms with Crippen molar-refractivity contribution in [2.24, 2.45) is 0 Å². The minimum absolute atomic E-state index is 0.0757. The minimum Gasteiger partial charge on any atom is -0.511 e. The van der Waals surface area contributed by atoms with E-state index >= 15 is 0 Å². The first-order valence-electron chi connectivity index (χ1n) is 12.3. The van der Waals surface area contributed by atoms with Crippen molar-refractivity contribution in [2.75, 3.05) is 18.4 Å². The van der Waals surface area contributed by atoms with Crippen LogP contribution in [0.15, 0.2) is 67.0 Å². The molecule has 7 nitrogen and oxygen atoms in total. The lowest BCUT2D eigenvalue weighted by molar-refractivity contribution is -0.170. The lowest BCUT2D eigenvalue weighted by atomic mass is 10.1. The molecule has 0 saturated heterocycles. The summed E-state index contributed by atoms with van der Waals surface area (Å²) in [6, 6.07) is 13.1. The summed E-state index contributed by atoms with van der Waals surface area (Å²) < 4.78 is 11.4. The van der Waals surface area contributed by atoms with Gasteiger partial charge in [0.1, 0.15) is 17.1 Å². The molecule has 0 saturated carbocycles. The monoisotopic (exact) mass is 508 g/mol. The molecule has 0 heterocycles. The third-order valence-electron chi connectivity index (χ3n) is 5.31. The highest BCUT2D eigenvalue weighted by atomic mass is 16.6. The van der Waals surface area contributed by atoms with Gasteiger partial charge in [-0.05, 0) is 83.9 Å². The van der Waals surface area contributed by atoms with Crippen LogP contribution >= 0.6 is 0 Å². The second-order valence-corrected chi connectivity index (χ2v) is 10.7. The van der Waals surface area contributed by atoms with Gasteiger partial charge in [-0.2, -0.15) is 0 Å². The van der Waals surface area contributed by atoms with Gasteiger partial charge < -0.3 is 19.9 Å². The number of allylic oxidation sites excluding steroid dienone is 2. The summed E-state index contributed by atoms with van der Waals surface area (Å²) >= 11 is 0. The summed E-state index contributed by atoms with van der Waals surface area (Å²) in [6.45, 7) is 17.0. The molecule has 0 aliphatic heterocycles. The van der Waals surface area contributed by atoms with Crippen LogP contribution in [0.5, 0.6) is 5.75 Å². The van der Waals surface area contributed by atoms with Gasteiger partial charge in [-0.1, -0.05) is 42.5 Å². The predicted molar refractivity (Wildman–Crippen MR) is 148 cm³/mol. The molecule has 0 aliphatic rings. The van der Waals surface area contributed by atoms with Gasteiger partial charge >= 0.3 is 5.97 Å². The Morgan fingerprint density at radius 3 is 2.24 bits per heavy atom. The molecule has 2 aromatic carbocycles. The first-order valence-corrected chi connectivity index (χ1v) is 12.3. The van der Waals surface area contributed by atoms with E-state index in [1.807, 2.05) is 69.9 Å². The van der Waals surface area contributed by atoms with Crippen LogP contribution in [0.25, 0.3) is 0 Å². The van der Waals surface area contributed by atoms with E-state index in [0.717, 1.165) is 22.4 Å². The summed E-state index contributed by atoms with van der Waals surface area (Å²) in [5.74, 6) is -0.00601. The largest absolute Gasteiger partial charge is 0.511 e. The summed E-state index contributed by atoms with van der Waals surface area (Å²) in [5.41, 5.74) is 2.01. The molecule has 0 atom stereocenters. The molecule has 0 spiro atoms. The number of carbonyl (C=O) groups is 2. The first-order chi connectivity index (χ1) is 17.2. The fourth-order valence-electron chi connectivity index (χ4n) is 3.59. The molecule has 1 amide bonds. The lowest BCUT2D eigenvalue weighted by Gasteiger charge is -2.29. The molecule has 7 heteroatoms. The number of ether oxygens (including phenoxy) is 2.